The number of aromatic nitrogens is 1. The highest BCUT2D eigenvalue weighted by Crippen LogP contribution is 2.30. The van der Waals surface area contributed by atoms with Gasteiger partial charge in [-0.1, -0.05) is 6.07 Å². The SMILES string of the molecule is Fc1ccc2c3c(nsc13)CCNC2. The van der Waals surface area contributed by atoms with E-state index in [1.165, 1.54) is 23.2 Å². The van der Waals surface area contributed by atoms with Gasteiger partial charge in [0.05, 0.1) is 10.4 Å². The second kappa shape index (κ2) is 3.00. The van der Waals surface area contributed by atoms with Crippen LogP contribution in [0.25, 0.3) is 10.1 Å². The van der Waals surface area contributed by atoms with Crippen LogP contribution in [0.4, 0.5) is 4.39 Å². The third-order valence-corrected chi connectivity index (χ3v) is 3.48. The Morgan fingerprint density at radius 2 is 2.36 bits per heavy atom. The van der Waals surface area contributed by atoms with Crippen molar-refractivity contribution in [1.82, 2.24) is 9.69 Å². The first-order chi connectivity index (χ1) is 6.86. The lowest BCUT2D eigenvalue weighted by molar-refractivity contribution is 0.640. The molecule has 0 saturated carbocycles. The minimum Gasteiger partial charge on any atom is -0.312 e. The molecule has 0 unspecified atom stereocenters. The number of rotatable bonds is 0. The van der Waals surface area contributed by atoms with Crippen LogP contribution in [0.15, 0.2) is 12.1 Å². The van der Waals surface area contributed by atoms with Gasteiger partial charge in [0.25, 0.3) is 0 Å². The topological polar surface area (TPSA) is 24.9 Å². The van der Waals surface area contributed by atoms with Crippen LogP contribution in [-0.2, 0) is 13.0 Å². The van der Waals surface area contributed by atoms with Crippen molar-refractivity contribution in [2.75, 3.05) is 6.54 Å². The average Bonchev–Trinajstić information content (AvgIpc) is 2.51. The summed E-state index contributed by atoms with van der Waals surface area (Å²) in [6.45, 7) is 1.75. The maximum Gasteiger partial charge on any atom is 0.142 e. The van der Waals surface area contributed by atoms with Crippen LogP contribution in [-0.4, -0.2) is 10.9 Å². The Morgan fingerprint density at radius 1 is 1.43 bits per heavy atom. The van der Waals surface area contributed by atoms with E-state index in [1.54, 1.807) is 0 Å². The molecule has 2 nitrogen and oxygen atoms in total. The van der Waals surface area contributed by atoms with Gasteiger partial charge in [-0.2, -0.15) is 4.37 Å². The molecule has 0 bridgehead atoms. The molecule has 72 valence electrons. The summed E-state index contributed by atoms with van der Waals surface area (Å²) in [5.74, 6) is -0.144. The molecule has 2 heterocycles. The molecule has 0 spiro atoms. The summed E-state index contributed by atoms with van der Waals surface area (Å²) in [4.78, 5) is 0. The molecular formula is C10H9FN2S. The summed E-state index contributed by atoms with van der Waals surface area (Å²) < 4.78 is 18.4. The standard InChI is InChI=1S/C10H9FN2S/c11-7-2-1-6-5-12-4-3-8-9(6)10(7)14-13-8/h1-2,12H,3-5H2. The molecule has 0 radical (unpaired) electrons. The molecule has 0 fully saturated rings. The third kappa shape index (κ3) is 1.07. The minimum atomic E-state index is -0.144. The van der Waals surface area contributed by atoms with E-state index in [0.29, 0.717) is 4.70 Å². The van der Waals surface area contributed by atoms with E-state index in [4.69, 9.17) is 0 Å². The predicted molar refractivity (Wildman–Crippen MR) is 55.0 cm³/mol. The molecule has 3 rings (SSSR count). The fourth-order valence-corrected chi connectivity index (χ4v) is 2.78. The minimum absolute atomic E-state index is 0.144. The van der Waals surface area contributed by atoms with E-state index in [2.05, 4.69) is 9.69 Å². The largest absolute Gasteiger partial charge is 0.312 e. The van der Waals surface area contributed by atoms with Crippen molar-refractivity contribution < 1.29 is 4.39 Å². The molecule has 1 N–H and O–H groups in total. The number of benzene rings is 1. The Morgan fingerprint density at radius 3 is 3.29 bits per heavy atom. The molecule has 4 heteroatoms. The molecular weight excluding hydrogens is 199 g/mol. The fourth-order valence-electron chi connectivity index (χ4n) is 1.90. The van der Waals surface area contributed by atoms with Crippen LogP contribution in [0.2, 0.25) is 0 Å². The molecule has 1 aliphatic rings. The lowest BCUT2D eigenvalue weighted by Gasteiger charge is -2.01. The first kappa shape index (κ1) is 8.32. The Kier molecular flexibility index (Phi) is 1.78. The Labute approximate surface area is 84.9 Å². The molecule has 0 atom stereocenters. The van der Waals surface area contributed by atoms with E-state index < -0.39 is 0 Å². The number of hydrogen-bond acceptors (Lipinski definition) is 3. The van der Waals surface area contributed by atoms with Gasteiger partial charge in [0.15, 0.2) is 0 Å². The summed E-state index contributed by atoms with van der Waals surface area (Å²) in [6.07, 6.45) is 0.899. The fraction of sp³-hybridized carbons (Fsp3) is 0.300. The number of halogens is 1. The van der Waals surface area contributed by atoms with E-state index >= 15 is 0 Å². The second-order valence-corrected chi connectivity index (χ2v) is 4.24. The van der Waals surface area contributed by atoms with Crippen LogP contribution in [0, 0.1) is 5.82 Å². The zero-order valence-electron chi connectivity index (χ0n) is 7.51. The van der Waals surface area contributed by atoms with Crippen LogP contribution in [0.1, 0.15) is 11.3 Å². The van der Waals surface area contributed by atoms with Crippen LogP contribution in [0.3, 0.4) is 0 Å². The van der Waals surface area contributed by atoms with Gasteiger partial charge in [-0.15, -0.1) is 0 Å². The highest BCUT2D eigenvalue weighted by molar-refractivity contribution is 7.13. The molecule has 1 aromatic heterocycles. The quantitative estimate of drug-likeness (QED) is 0.717. The van der Waals surface area contributed by atoms with Crippen LogP contribution in [0.5, 0.6) is 0 Å². The van der Waals surface area contributed by atoms with Gasteiger partial charge in [0, 0.05) is 24.9 Å². The molecule has 0 saturated heterocycles. The molecule has 0 aliphatic carbocycles. The van der Waals surface area contributed by atoms with E-state index in [9.17, 15) is 4.39 Å². The molecule has 2 aromatic rings. The van der Waals surface area contributed by atoms with E-state index in [0.717, 1.165) is 30.6 Å². The maximum atomic E-state index is 13.4. The lowest BCUT2D eigenvalue weighted by atomic mass is 10.1. The monoisotopic (exact) mass is 208 g/mol. The highest BCUT2D eigenvalue weighted by atomic mass is 32.1. The summed E-state index contributed by atoms with van der Waals surface area (Å²) >= 11 is 1.28. The first-order valence-corrected chi connectivity index (χ1v) is 5.40. The number of nitrogens with zero attached hydrogens (tertiary/aromatic N) is 1. The van der Waals surface area contributed by atoms with Gasteiger partial charge in [0.2, 0.25) is 0 Å². The smallest absolute Gasteiger partial charge is 0.142 e. The second-order valence-electron chi connectivity index (χ2n) is 3.47. The molecule has 1 aliphatic heterocycles. The Bertz CT molecular complexity index is 492. The van der Waals surface area contributed by atoms with Gasteiger partial charge >= 0.3 is 0 Å². The van der Waals surface area contributed by atoms with Gasteiger partial charge in [-0.05, 0) is 23.2 Å². The molecule has 1 aromatic carbocycles. The first-order valence-electron chi connectivity index (χ1n) is 4.62. The predicted octanol–water partition coefficient (Wildman–Crippen LogP) is 2.08. The van der Waals surface area contributed by atoms with Crippen molar-refractivity contribution in [3.63, 3.8) is 0 Å². The normalized spacial score (nSPS) is 15.8. The number of nitrogens with one attached hydrogen (secondary N) is 1. The molecule has 0 amide bonds. The summed E-state index contributed by atoms with van der Waals surface area (Å²) in [6, 6.07) is 3.39. The van der Waals surface area contributed by atoms with Crippen molar-refractivity contribution in [2.24, 2.45) is 0 Å². The zero-order valence-corrected chi connectivity index (χ0v) is 8.33. The van der Waals surface area contributed by atoms with E-state index in [-0.39, 0.29) is 5.82 Å². The van der Waals surface area contributed by atoms with Gasteiger partial charge < -0.3 is 5.32 Å². The van der Waals surface area contributed by atoms with Crippen molar-refractivity contribution in [2.45, 2.75) is 13.0 Å². The summed E-state index contributed by atoms with van der Waals surface area (Å²) in [5.41, 5.74) is 2.21. The Balaban J connectivity index is 2.41. The lowest BCUT2D eigenvalue weighted by Crippen LogP contribution is -2.13. The van der Waals surface area contributed by atoms with Gasteiger partial charge in [-0.3, -0.25) is 0 Å². The average molecular weight is 208 g/mol. The third-order valence-electron chi connectivity index (χ3n) is 2.59. The van der Waals surface area contributed by atoms with Crippen molar-refractivity contribution in [3.05, 3.63) is 29.2 Å². The Hall–Kier alpha value is -1.00. The van der Waals surface area contributed by atoms with Crippen molar-refractivity contribution >= 4 is 21.6 Å². The summed E-state index contributed by atoms with van der Waals surface area (Å²) in [7, 11) is 0. The van der Waals surface area contributed by atoms with Crippen LogP contribution < -0.4 is 5.32 Å². The van der Waals surface area contributed by atoms with Crippen molar-refractivity contribution in [3.8, 4) is 0 Å². The summed E-state index contributed by atoms with van der Waals surface area (Å²) in [5, 5.41) is 4.34. The van der Waals surface area contributed by atoms with Gasteiger partial charge in [-0.25, -0.2) is 4.39 Å². The van der Waals surface area contributed by atoms with Crippen molar-refractivity contribution in [1.29, 1.82) is 0 Å². The zero-order chi connectivity index (χ0) is 9.54. The molecule has 14 heavy (non-hydrogen) atoms. The maximum absolute atomic E-state index is 13.4. The van der Waals surface area contributed by atoms with Gasteiger partial charge in [0.1, 0.15) is 5.82 Å². The number of hydrogen-bond donors (Lipinski definition) is 1. The highest BCUT2D eigenvalue weighted by Gasteiger charge is 2.16. The van der Waals surface area contributed by atoms with Crippen LogP contribution >= 0.6 is 11.5 Å². The van der Waals surface area contributed by atoms with E-state index in [1.807, 2.05) is 6.07 Å².